The first kappa shape index (κ1) is 4.78. The first-order valence-corrected chi connectivity index (χ1v) is 2.49. The van der Waals surface area contributed by atoms with E-state index in [-0.39, 0.29) is 0 Å². The third-order valence-corrected chi connectivity index (χ3v) is 0.911. The molecule has 0 saturated carbocycles. The van der Waals surface area contributed by atoms with Crippen LogP contribution in [0.4, 0.5) is 0 Å². The molecular formula is C5H9NO. The van der Waals surface area contributed by atoms with Gasteiger partial charge >= 0.3 is 0 Å². The second-order valence-electron chi connectivity index (χ2n) is 1.72. The smallest absolute Gasteiger partial charge is 0.0815 e. The van der Waals surface area contributed by atoms with Crippen molar-refractivity contribution in [1.29, 1.82) is 0 Å². The van der Waals surface area contributed by atoms with E-state index in [1.807, 2.05) is 13.1 Å². The topological polar surface area (TPSA) is 21.6 Å². The second kappa shape index (κ2) is 2.07. The van der Waals surface area contributed by atoms with Gasteiger partial charge in [-0.25, -0.2) is 0 Å². The van der Waals surface area contributed by atoms with Gasteiger partial charge < -0.3 is 4.74 Å². The van der Waals surface area contributed by atoms with Crippen LogP contribution in [-0.2, 0) is 4.74 Å². The monoisotopic (exact) mass is 99.1 g/mol. The Labute approximate surface area is 43.2 Å². The molecular weight excluding hydrogens is 90.1 g/mol. The number of rotatable bonds is 0. The van der Waals surface area contributed by atoms with Crippen molar-refractivity contribution in [2.45, 2.75) is 13.0 Å². The van der Waals surface area contributed by atoms with Gasteiger partial charge in [0.05, 0.1) is 19.3 Å². The van der Waals surface area contributed by atoms with Gasteiger partial charge in [-0.2, -0.15) is 0 Å². The molecule has 1 heterocycles. The molecule has 0 amide bonds. The van der Waals surface area contributed by atoms with Crippen molar-refractivity contribution in [2.24, 2.45) is 4.99 Å². The van der Waals surface area contributed by atoms with E-state index in [0.29, 0.717) is 12.6 Å². The Bertz CT molecular complexity index is 80.1. The van der Waals surface area contributed by atoms with Crippen molar-refractivity contribution in [2.75, 3.05) is 13.2 Å². The van der Waals surface area contributed by atoms with Crippen LogP contribution in [-0.4, -0.2) is 25.5 Å². The molecule has 0 aromatic carbocycles. The predicted octanol–water partition coefficient (Wildman–Crippen LogP) is 0.476. The predicted molar refractivity (Wildman–Crippen MR) is 28.8 cm³/mol. The number of ether oxygens (including phenoxy) is 1. The van der Waals surface area contributed by atoms with Gasteiger partial charge in [0.15, 0.2) is 0 Å². The summed E-state index contributed by atoms with van der Waals surface area (Å²) in [4.78, 5) is 4.08. The minimum atomic E-state index is 0.383. The maximum Gasteiger partial charge on any atom is 0.0815 e. The van der Waals surface area contributed by atoms with Crippen LogP contribution >= 0.6 is 0 Å². The van der Waals surface area contributed by atoms with Crippen LogP contribution in [0.2, 0.25) is 0 Å². The molecule has 7 heavy (non-hydrogen) atoms. The standard InChI is InChI=1S/C5H9NO/c1-5-4-7-3-2-6-5/h2,5H,3-4H2,1H3. The highest BCUT2D eigenvalue weighted by Crippen LogP contribution is 1.93. The molecule has 0 aromatic heterocycles. The number of aliphatic imine (C=N–C) groups is 1. The molecule has 1 aliphatic rings. The summed E-state index contributed by atoms with van der Waals surface area (Å²) in [5.41, 5.74) is 0. The largest absolute Gasteiger partial charge is 0.374 e. The lowest BCUT2D eigenvalue weighted by atomic mass is 10.4. The summed E-state index contributed by atoms with van der Waals surface area (Å²) < 4.78 is 5.03. The van der Waals surface area contributed by atoms with Crippen LogP contribution < -0.4 is 0 Å². The van der Waals surface area contributed by atoms with Crippen molar-refractivity contribution in [3.05, 3.63) is 0 Å². The fourth-order valence-electron chi connectivity index (χ4n) is 0.557. The third kappa shape index (κ3) is 1.27. The molecule has 0 aromatic rings. The quantitative estimate of drug-likeness (QED) is 0.432. The van der Waals surface area contributed by atoms with E-state index < -0.39 is 0 Å². The highest BCUT2D eigenvalue weighted by Gasteiger charge is 1.99. The molecule has 1 rings (SSSR count). The van der Waals surface area contributed by atoms with Gasteiger partial charge in [-0.3, -0.25) is 4.99 Å². The second-order valence-corrected chi connectivity index (χ2v) is 1.72. The van der Waals surface area contributed by atoms with E-state index in [4.69, 9.17) is 4.74 Å². The Kier molecular flexibility index (Phi) is 1.42. The summed E-state index contributed by atoms with van der Waals surface area (Å²) in [6.07, 6.45) is 1.81. The summed E-state index contributed by atoms with van der Waals surface area (Å²) >= 11 is 0. The normalized spacial score (nSPS) is 30.7. The molecule has 0 aliphatic carbocycles. The van der Waals surface area contributed by atoms with E-state index in [0.717, 1.165) is 6.61 Å². The Morgan fingerprint density at radius 1 is 1.86 bits per heavy atom. The van der Waals surface area contributed by atoms with Crippen molar-refractivity contribution < 1.29 is 4.74 Å². The van der Waals surface area contributed by atoms with Gasteiger partial charge in [-0.1, -0.05) is 0 Å². The molecule has 0 bridgehead atoms. The van der Waals surface area contributed by atoms with Crippen LogP contribution in [0.15, 0.2) is 4.99 Å². The summed E-state index contributed by atoms with van der Waals surface area (Å²) in [6, 6.07) is 0.383. The lowest BCUT2D eigenvalue weighted by Crippen LogP contribution is -2.16. The van der Waals surface area contributed by atoms with Crippen molar-refractivity contribution in [3.63, 3.8) is 0 Å². The van der Waals surface area contributed by atoms with E-state index in [1.165, 1.54) is 0 Å². The van der Waals surface area contributed by atoms with Gasteiger partial charge in [-0.05, 0) is 6.92 Å². The van der Waals surface area contributed by atoms with E-state index >= 15 is 0 Å². The molecule has 0 N–H and O–H groups in total. The highest BCUT2D eigenvalue weighted by atomic mass is 16.5. The number of hydrogen-bond donors (Lipinski definition) is 0. The first-order chi connectivity index (χ1) is 3.39. The molecule has 1 aliphatic heterocycles. The average molecular weight is 99.1 g/mol. The summed E-state index contributed by atoms with van der Waals surface area (Å²) in [7, 11) is 0. The van der Waals surface area contributed by atoms with Gasteiger partial charge in [0.25, 0.3) is 0 Å². The Hall–Kier alpha value is -0.370. The van der Waals surface area contributed by atoms with Crippen LogP contribution in [0.5, 0.6) is 0 Å². The van der Waals surface area contributed by atoms with E-state index in [1.54, 1.807) is 0 Å². The maximum atomic E-state index is 5.03. The SMILES string of the molecule is CC1COCC=N1. The van der Waals surface area contributed by atoms with Crippen LogP contribution in [0.3, 0.4) is 0 Å². The van der Waals surface area contributed by atoms with Gasteiger partial charge in [-0.15, -0.1) is 0 Å². The number of nitrogens with zero attached hydrogens (tertiary/aromatic N) is 1. The molecule has 0 radical (unpaired) electrons. The molecule has 2 nitrogen and oxygen atoms in total. The summed E-state index contributed by atoms with van der Waals surface area (Å²) in [5, 5.41) is 0. The van der Waals surface area contributed by atoms with Crippen LogP contribution in [0.25, 0.3) is 0 Å². The zero-order valence-electron chi connectivity index (χ0n) is 4.42. The van der Waals surface area contributed by atoms with E-state index in [2.05, 4.69) is 4.99 Å². The molecule has 0 fully saturated rings. The minimum Gasteiger partial charge on any atom is -0.374 e. The zero-order valence-corrected chi connectivity index (χ0v) is 4.42. The fraction of sp³-hybridized carbons (Fsp3) is 0.800. The zero-order chi connectivity index (χ0) is 5.11. The molecule has 2 heteroatoms. The molecule has 1 atom stereocenters. The van der Waals surface area contributed by atoms with Crippen LogP contribution in [0, 0.1) is 0 Å². The lowest BCUT2D eigenvalue weighted by Gasteiger charge is -2.09. The molecule has 0 saturated heterocycles. The highest BCUT2D eigenvalue weighted by molar-refractivity contribution is 5.59. The van der Waals surface area contributed by atoms with Gasteiger partial charge in [0.2, 0.25) is 0 Å². The Morgan fingerprint density at radius 3 is 3.00 bits per heavy atom. The average Bonchev–Trinajstić information content (AvgIpc) is 1.69. The molecule has 0 spiro atoms. The van der Waals surface area contributed by atoms with Gasteiger partial charge in [0.1, 0.15) is 0 Å². The lowest BCUT2D eigenvalue weighted by molar-refractivity contribution is 0.152. The van der Waals surface area contributed by atoms with Crippen molar-refractivity contribution in [3.8, 4) is 0 Å². The fourth-order valence-corrected chi connectivity index (χ4v) is 0.557. The Balaban J connectivity index is 2.36. The van der Waals surface area contributed by atoms with E-state index in [9.17, 15) is 0 Å². The maximum absolute atomic E-state index is 5.03. The first-order valence-electron chi connectivity index (χ1n) is 2.49. The Morgan fingerprint density at radius 2 is 2.71 bits per heavy atom. The van der Waals surface area contributed by atoms with Crippen molar-refractivity contribution >= 4 is 6.21 Å². The summed E-state index contributed by atoms with van der Waals surface area (Å²) in [6.45, 7) is 3.52. The van der Waals surface area contributed by atoms with Crippen molar-refractivity contribution in [1.82, 2.24) is 0 Å². The van der Waals surface area contributed by atoms with Crippen LogP contribution in [0.1, 0.15) is 6.92 Å². The number of hydrogen-bond acceptors (Lipinski definition) is 2. The molecule has 40 valence electrons. The molecule has 1 unspecified atom stereocenters. The third-order valence-electron chi connectivity index (χ3n) is 0.911. The van der Waals surface area contributed by atoms with Gasteiger partial charge in [0, 0.05) is 6.21 Å². The minimum absolute atomic E-state index is 0.383. The summed E-state index contributed by atoms with van der Waals surface area (Å²) in [5.74, 6) is 0.